The molecule has 6 nitrogen and oxygen atoms in total. The molecular formula is C16H32N4O2. The van der Waals surface area contributed by atoms with Crippen LogP contribution < -0.4 is 11.1 Å². The van der Waals surface area contributed by atoms with Crippen molar-refractivity contribution in [1.82, 2.24) is 10.2 Å². The van der Waals surface area contributed by atoms with Gasteiger partial charge in [0.2, 0.25) is 0 Å². The van der Waals surface area contributed by atoms with Gasteiger partial charge in [-0.15, -0.1) is 0 Å². The zero-order valence-electron chi connectivity index (χ0n) is 14.5. The van der Waals surface area contributed by atoms with Gasteiger partial charge in [-0.3, -0.25) is 4.99 Å². The third kappa shape index (κ3) is 7.00. The van der Waals surface area contributed by atoms with E-state index in [0.29, 0.717) is 30.9 Å². The maximum absolute atomic E-state index is 11.6. The van der Waals surface area contributed by atoms with Crippen molar-refractivity contribution in [3.63, 3.8) is 0 Å². The van der Waals surface area contributed by atoms with Gasteiger partial charge in [0, 0.05) is 13.1 Å². The van der Waals surface area contributed by atoms with Crippen LogP contribution in [0.15, 0.2) is 4.99 Å². The minimum absolute atomic E-state index is 0.0418. The van der Waals surface area contributed by atoms with Crippen LogP contribution in [0.25, 0.3) is 0 Å². The fraction of sp³-hybridized carbons (Fsp3) is 0.875. The van der Waals surface area contributed by atoms with Crippen molar-refractivity contribution >= 4 is 12.1 Å². The highest BCUT2D eigenvalue weighted by atomic mass is 16.5. The molecule has 1 saturated heterocycles. The third-order valence-corrected chi connectivity index (χ3v) is 3.81. The minimum Gasteiger partial charge on any atom is -0.450 e. The van der Waals surface area contributed by atoms with E-state index in [4.69, 9.17) is 10.5 Å². The molecule has 22 heavy (non-hydrogen) atoms. The maximum atomic E-state index is 11.6. The first-order valence-electron chi connectivity index (χ1n) is 8.40. The van der Waals surface area contributed by atoms with Crippen molar-refractivity contribution in [1.29, 1.82) is 0 Å². The second-order valence-corrected chi connectivity index (χ2v) is 6.58. The van der Waals surface area contributed by atoms with Crippen LogP contribution >= 0.6 is 0 Å². The number of hydrogen-bond acceptors (Lipinski definition) is 3. The first kappa shape index (κ1) is 18.6. The van der Waals surface area contributed by atoms with E-state index in [9.17, 15) is 4.79 Å². The number of amides is 1. The van der Waals surface area contributed by atoms with E-state index in [1.165, 1.54) is 6.42 Å². The van der Waals surface area contributed by atoms with Gasteiger partial charge in [-0.05, 0) is 38.0 Å². The van der Waals surface area contributed by atoms with Gasteiger partial charge in [-0.2, -0.15) is 0 Å². The minimum atomic E-state index is -0.381. The molecule has 0 aromatic heterocycles. The summed E-state index contributed by atoms with van der Waals surface area (Å²) in [4.78, 5) is 18.2. The van der Waals surface area contributed by atoms with Gasteiger partial charge in [-0.25, -0.2) is 4.79 Å². The van der Waals surface area contributed by atoms with Crippen LogP contribution in [0.2, 0.25) is 0 Å². The molecule has 3 N–H and O–H groups in total. The molecule has 128 valence electrons. The lowest BCUT2D eigenvalue weighted by Crippen LogP contribution is -2.45. The molecule has 2 atom stereocenters. The summed E-state index contributed by atoms with van der Waals surface area (Å²) in [7, 11) is 0. The Balaban J connectivity index is 2.55. The Labute approximate surface area is 134 Å². The number of piperidine rings is 1. The molecule has 1 aliphatic rings. The van der Waals surface area contributed by atoms with Gasteiger partial charge in [0.1, 0.15) is 0 Å². The molecule has 1 fully saturated rings. The standard InChI is InChI=1S/C16H32N4O2/c1-5-22-16(21)19-14(9-12(2)3)10-18-15(17)20-8-6-7-13(4)11-20/h12-14H,5-11H2,1-4H3,(H2,17,18)(H,19,21). The summed E-state index contributed by atoms with van der Waals surface area (Å²) in [5.74, 6) is 1.72. The van der Waals surface area contributed by atoms with E-state index in [1.54, 1.807) is 6.92 Å². The van der Waals surface area contributed by atoms with Crippen LogP contribution in [-0.4, -0.2) is 49.2 Å². The van der Waals surface area contributed by atoms with Crippen LogP contribution in [-0.2, 0) is 4.74 Å². The molecule has 1 rings (SSSR count). The van der Waals surface area contributed by atoms with Gasteiger partial charge in [0.15, 0.2) is 5.96 Å². The van der Waals surface area contributed by atoms with Crippen molar-refractivity contribution in [3.8, 4) is 0 Å². The van der Waals surface area contributed by atoms with Gasteiger partial charge in [0.05, 0.1) is 19.2 Å². The fourth-order valence-corrected chi connectivity index (χ4v) is 2.79. The molecule has 0 saturated carbocycles. The van der Waals surface area contributed by atoms with Gasteiger partial charge in [0.25, 0.3) is 0 Å². The maximum Gasteiger partial charge on any atom is 0.407 e. The highest BCUT2D eigenvalue weighted by molar-refractivity contribution is 5.78. The molecule has 2 unspecified atom stereocenters. The molecule has 0 spiro atoms. The summed E-state index contributed by atoms with van der Waals surface area (Å²) in [5, 5.41) is 2.87. The van der Waals surface area contributed by atoms with E-state index >= 15 is 0 Å². The topological polar surface area (TPSA) is 79.9 Å². The molecule has 0 radical (unpaired) electrons. The number of aliphatic imine (C=N–C) groups is 1. The third-order valence-electron chi connectivity index (χ3n) is 3.81. The van der Waals surface area contributed by atoms with E-state index in [2.05, 4.69) is 36.0 Å². The van der Waals surface area contributed by atoms with E-state index in [-0.39, 0.29) is 12.1 Å². The quantitative estimate of drug-likeness (QED) is 0.582. The summed E-state index contributed by atoms with van der Waals surface area (Å²) < 4.78 is 4.95. The molecule has 0 aromatic rings. The SMILES string of the molecule is CCOC(=O)NC(CN=C(N)N1CCCC(C)C1)CC(C)C. The first-order chi connectivity index (χ1) is 10.4. The normalized spacial score (nSPS) is 20.9. The predicted octanol–water partition coefficient (Wildman–Crippen LogP) is 2.19. The van der Waals surface area contributed by atoms with Crippen LogP contribution in [0.4, 0.5) is 4.79 Å². The molecule has 1 amide bonds. The number of likely N-dealkylation sites (tertiary alicyclic amines) is 1. The summed E-state index contributed by atoms with van der Waals surface area (Å²) >= 11 is 0. The molecule has 0 bridgehead atoms. The Morgan fingerprint density at radius 1 is 1.50 bits per heavy atom. The lowest BCUT2D eigenvalue weighted by Gasteiger charge is -2.32. The lowest BCUT2D eigenvalue weighted by atomic mass is 10.0. The highest BCUT2D eigenvalue weighted by Gasteiger charge is 2.19. The van der Waals surface area contributed by atoms with Crippen molar-refractivity contribution in [2.24, 2.45) is 22.6 Å². The molecule has 0 aromatic carbocycles. The molecule has 6 heteroatoms. The molecule has 1 aliphatic heterocycles. The Hall–Kier alpha value is -1.46. The Bertz CT molecular complexity index is 371. The number of nitrogens with two attached hydrogens (primary N) is 1. The number of nitrogens with one attached hydrogen (secondary N) is 1. The summed E-state index contributed by atoms with van der Waals surface area (Å²) in [6.45, 7) is 11.1. The smallest absolute Gasteiger partial charge is 0.407 e. The monoisotopic (exact) mass is 312 g/mol. The number of ether oxygens (including phenoxy) is 1. The number of hydrogen-bond donors (Lipinski definition) is 2. The second-order valence-electron chi connectivity index (χ2n) is 6.58. The van der Waals surface area contributed by atoms with Gasteiger partial charge in [-0.1, -0.05) is 20.8 Å². The van der Waals surface area contributed by atoms with E-state index in [0.717, 1.165) is 25.9 Å². The van der Waals surface area contributed by atoms with Crippen LogP contribution in [0.5, 0.6) is 0 Å². The predicted molar refractivity (Wildman–Crippen MR) is 89.9 cm³/mol. The number of nitrogens with zero attached hydrogens (tertiary/aromatic N) is 2. The zero-order chi connectivity index (χ0) is 16.5. The van der Waals surface area contributed by atoms with Gasteiger partial charge < -0.3 is 20.7 Å². The first-order valence-corrected chi connectivity index (χ1v) is 8.40. The second kappa shape index (κ2) is 9.54. The van der Waals surface area contributed by atoms with Crippen LogP contribution in [0.3, 0.4) is 0 Å². The Morgan fingerprint density at radius 3 is 2.82 bits per heavy atom. The summed E-state index contributed by atoms with van der Waals surface area (Å²) in [5.41, 5.74) is 6.11. The largest absolute Gasteiger partial charge is 0.450 e. The molecule has 0 aliphatic carbocycles. The zero-order valence-corrected chi connectivity index (χ0v) is 14.5. The number of carbonyl (C=O) groups excluding carboxylic acids is 1. The summed E-state index contributed by atoms with van der Waals surface area (Å²) in [6.07, 6.45) is 2.89. The van der Waals surface area contributed by atoms with Crippen molar-refractivity contribution in [2.75, 3.05) is 26.2 Å². The molecule has 1 heterocycles. The van der Waals surface area contributed by atoms with Crippen LogP contribution in [0.1, 0.15) is 47.0 Å². The van der Waals surface area contributed by atoms with E-state index in [1.807, 2.05) is 0 Å². The number of alkyl carbamates (subject to hydrolysis) is 1. The number of guanidine groups is 1. The van der Waals surface area contributed by atoms with Crippen molar-refractivity contribution in [2.45, 2.75) is 53.0 Å². The highest BCUT2D eigenvalue weighted by Crippen LogP contribution is 2.15. The average Bonchev–Trinajstić information content (AvgIpc) is 2.44. The van der Waals surface area contributed by atoms with Crippen molar-refractivity contribution < 1.29 is 9.53 Å². The number of rotatable bonds is 6. The van der Waals surface area contributed by atoms with Crippen LogP contribution in [0, 0.1) is 11.8 Å². The van der Waals surface area contributed by atoms with E-state index < -0.39 is 0 Å². The number of carbonyl (C=O) groups is 1. The summed E-state index contributed by atoms with van der Waals surface area (Å²) in [6, 6.07) is -0.0418. The van der Waals surface area contributed by atoms with Gasteiger partial charge >= 0.3 is 6.09 Å². The lowest BCUT2D eigenvalue weighted by molar-refractivity contribution is 0.147. The average molecular weight is 312 g/mol. The Kier molecular flexibility index (Phi) is 8.06. The Morgan fingerprint density at radius 2 is 2.23 bits per heavy atom. The van der Waals surface area contributed by atoms with Crippen molar-refractivity contribution in [3.05, 3.63) is 0 Å². The fourth-order valence-electron chi connectivity index (χ4n) is 2.79. The molecular weight excluding hydrogens is 280 g/mol.